The molecule has 0 aliphatic carbocycles. The highest BCUT2D eigenvalue weighted by Gasteiger charge is 2.30. The molecule has 0 spiro atoms. The fourth-order valence-corrected chi connectivity index (χ4v) is 3.61. The van der Waals surface area contributed by atoms with Crippen molar-refractivity contribution in [1.29, 1.82) is 0 Å². The van der Waals surface area contributed by atoms with Crippen LogP contribution >= 0.6 is 0 Å². The lowest BCUT2D eigenvalue weighted by atomic mass is 10.3. The van der Waals surface area contributed by atoms with Crippen molar-refractivity contribution >= 4 is 21.6 Å². The number of hydrogen-bond acceptors (Lipinski definition) is 5. The molecule has 1 aromatic carbocycles. The van der Waals surface area contributed by atoms with E-state index in [4.69, 9.17) is 9.15 Å². The smallest absolute Gasteiger partial charge is 0.291 e. The summed E-state index contributed by atoms with van der Waals surface area (Å²) >= 11 is 0. The summed E-state index contributed by atoms with van der Waals surface area (Å²) in [7, 11) is -3.91. The summed E-state index contributed by atoms with van der Waals surface area (Å²) in [5.74, 6) is -3.26. The van der Waals surface area contributed by atoms with E-state index in [-0.39, 0.29) is 32.1 Å². The van der Waals surface area contributed by atoms with Gasteiger partial charge in [0, 0.05) is 13.1 Å². The van der Waals surface area contributed by atoms with Gasteiger partial charge in [-0.3, -0.25) is 4.79 Å². The maximum atomic E-state index is 13.6. The lowest BCUT2D eigenvalue weighted by Crippen LogP contribution is -2.40. The van der Waals surface area contributed by atoms with E-state index in [0.717, 1.165) is 30.3 Å². The van der Waals surface area contributed by atoms with E-state index in [9.17, 15) is 22.0 Å². The number of hydrogen-bond donors (Lipinski definition) is 1. The molecule has 0 radical (unpaired) electrons. The number of halogens is 2. The van der Waals surface area contributed by atoms with Crippen molar-refractivity contribution in [3.05, 3.63) is 47.7 Å². The summed E-state index contributed by atoms with van der Waals surface area (Å²) in [4.78, 5) is 12.1. The van der Waals surface area contributed by atoms with Crippen molar-refractivity contribution in [3.63, 3.8) is 0 Å². The SMILES string of the molecule is O=C(Nc1c(F)cccc1F)c1ccc(S(=O)(=O)N2CCOCC2)o1. The van der Waals surface area contributed by atoms with Crippen LogP contribution in [0, 0.1) is 11.6 Å². The van der Waals surface area contributed by atoms with E-state index in [0.29, 0.717) is 0 Å². The maximum Gasteiger partial charge on any atom is 0.291 e. The number of carbonyl (C=O) groups is 1. The first-order valence-corrected chi connectivity index (χ1v) is 8.76. The number of anilines is 1. The largest absolute Gasteiger partial charge is 0.438 e. The molecule has 1 aliphatic rings. The summed E-state index contributed by atoms with van der Waals surface area (Å²) in [6.45, 7) is 0.871. The summed E-state index contributed by atoms with van der Waals surface area (Å²) in [5, 5.41) is 1.61. The fraction of sp³-hybridized carbons (Fsp3) is 0.267. The molecule has 1 N–H and O–H groups in total. The first kappa shape index (κ1) is 17.5. The number of morpholine rings is 1. The lowest BCUT2D eigenvalue weighted by Gasteiger charge is -2.24. The van der Waals surface area contributed by atoms with Crippen LogP contribution in [0.4, 0.5) is 14.5 Å². The Morgan fingerprint density at radius 3 is 2.36 bits per heavy atom. The molecule has 1 amide bonds. The minimum atomic E-state index is -3.91. The maximum absolute atomic E-state index is 13.6. The second kappa shape index (κ2) is 6.90. The van der Waals surface area contributed by atoms with Gasteiger partial charge >= 0.3 is 0 Å². The van der Waals surface area contributed by atoms with Gasteiger partial charge in [0.1, 0.15) is 17.3 Å². The third-order valence-electron chi connectivity index (χ3n) is 3.57. The number of furan rings is 1. The number of carbonyl (C=O) groups excluding carboxylic acids is 1. The number of rotatable bonds is 4. The summed E-state index contributed by atoms with van der Waals surface area (Å²) < 4.78 is 63.3. The Morgan fingerprint density at radius 2 is 1.72 bits per heavy atom. The molecule has 10 heteroatoms. The number of amides is 1. The Balaban J connectivity index is 1.80. The van der Waals surface area contributed by atoms with Crippen molar-refractivity contribution in [2.75, 3.05) is 31.6 Å². The van der Waals surface area contributed by atoms with Crippen molar-refractivity contribution < 1.29 is 31.1 Å². The number of nitrogens with one attached hydrogen (secondary N) is 1. The number of nitrogens with zero attached hydrogens (tertiary/aromatic N) is 1. The molecule has 0 saturated carbocycles. The van der Waals surface area contributed by atoms with Crippen LogP contribution in [-0.2, 0) is 14.8 Å². The van der Waals surface area contributed by atoms with E-state index >= 15 is 0 Å². The van der Waals surface area contributed by atoms with Gasteiger partial charge in [0.25, 0.3) is 15.9 Å². The molecule has 1 aliphatic heterocycles. The Labute approximate surface area is 142 Å². The van der Waals surface area contributed by atoms with Gasteiger partial charge in [-0.15, -0.1) is 0 Å². The molecule has 1 saturated heterocycles. The number of para-hydroxylation sites is 1. The average molecular weight is 372 g/mol. The van der Waals surface area contributed by atoms with E-state index in [2.05, 4.69) is 0 Å². The van der Waals surface area contributed by atoms with Crippen LogP contribution in [0.5, 0.6) is 0 Å². The van der Waals surface area contributed by atoms with Crippen molar-refractivity contribution in [2.45, 2.75) is 5.09 Å². The van der Waals surface area contributed by atoms with Crippen molar-refractivity contribution in [1.82, 2.24) is 4.31 Å². The fourth-order valence-electron chi connectivity index (χ4n) is 2.29. The molecule has 25 heavy (non-hydrogen) atoms. The van der Waals surface area contributed by atoms with Crippen LogP contribution in [0.1, 0.15) is 10.6 Å². The van der Waals surface area contributed by atoms with E-state index in [1.165, 1.54) is 4.31 Å². The monoisotopic (exact) mass is 372 g/mol. The quantitative estimate of drug-likeness (QED) is 0.885. The molecule has 134 valence electrons. The first-order chi connectivity index (χ1) is 11.9. The van der Waals surface area contributed by atoms with Gasteiger partial charge in [-0.2, -0.15) is 4.31 Å². The zero-order valence-corrected chi connectivity index (χ0v) is 13.7. The molecule has 2 heterocycles. The zero-order chi connectivity index (χ0) is 18.0. The second-order valence-electron chi connectivity index (χ2n) is 5.19. The van der Waals surface area contributed by atoms with Crippen molar-refractivity contribution in [2.24, 2.45) is 0 Å². The van der Waals surface area contributed by atoms with E-state index in [1.807, 2.05) is 5.32 Å². The van der Waals surface area contributed by atoms with Gasteiger partial charge in [-0.05, 0) is 24.3 Å². The molecule has 0 atom stereocenters. The number of benzene rings is 1. The van der Waals surface area contributed by atoms with Crippen LogP contribution in [0.25, 0.3) is 0 Å². The third kappa shape index (κ3) is 3.55. The lowest BCUT2D eigenvalue weighted by molar-refractivity contribution is 0.0723. The summed E-state index contributed by atoms with van der Waals surface area (Å²) in [6, 6.07) is 5.36. The minimum absolute atomic E-state index is 0.172. The standard InChI is InChI=1S/C15H14F2N2O5S/c16-10-2-1-3-11(17)14(10)18-15(20)12-4-5-13(24-12)25(21,22)19-6-8-23-9-7-19/h1-5H,6-9H2,(H,18,20). The average Bonchev–Trinajstić information content (AvgIpc) is 3.10. The first-order valence-electron chi connectivity index (χ1n) is 7.32. The van der Waals surface area contributed by atoms with Gasteiger partial charge in [0.15, 0.2) is 5.76 Å². The zero-order valence-electron chi connectivity index (χ0n) is 12.9. The molecule has 1 fully saturated rings. The van der Waals surface area contributed by atoms with Gasteiger partial charge in [0.2, 0.25) is 5.09 Å². The van der Waals surface area contributed by atoms with Gasteiger partial charge in [-0.25, -0.2) is 17.2 Å². The molecule has 0 unspecified atom stereocenters. The van der Waals surface area contributed by atoms with Crippen LogP contribution in [0.3, 0.4) is 0 Å². The Morgan fingerprint density at radius 1 is 1.08 bits per heavy atom. The van der Waals surface area contributed by atoms with Crippen LogP contribution in [0.15, 0.2) is 39.8 Å². The van der Waals surface area contributed by atoms with Crippen LogP contribution < -0.4 is 5.32 Å². The molecular formula is C15H14F2N2O5S. The number of sulfonamides is 1. The van der Waals surface area contributed by atoms with Crippen LogP contribution in [0.2, 0.25) is 0 Å². The van der Waals surface area contributed by atoms with Crippen LogP contribution in [-0.4, -0.2) is 44.9 Å². The highest BCUT2D eigenvalue weighted by Crippen LogP contribution is 2.22. The van der Waals surface area contributed by atoms with Gasteiger partial charge in [-0.1, -0.05) is 6.07 Å². The molecule has 1 aromatic heterocycles. The number of ether oxygens (including phenoxy) is 1. The molecular weight excluding hydrogens is 358 g/mol. The third-order valence-corrected chi connectivity index (χ3v) is 5.34. The minimum Gasteiger partial charge on any atom is -0.438 e. The Hall–Kier alpha value is -2.30. The van der Waals surface area contributed by atoms with Crippen molar-refractivity contribution in [3.8, 4) is 0 Å². The molecule has 3 rings (SSSR count). The predicted molar refractivity (Wildman–Crippen MR) is 82.6 cm³/mol. The summed E-state index contributed by atoms with van der Waals surface area (Å²) in [6.07, 6.45) is 0. The second-order valence-corrected chi connectivity index (χ2v) is 7.05. The Kier molecular flexibility index (Phi) is 4.84. The highest BCUT2D eigenvalue weighted by atomic mass is 32.2. The van der Waals surface area contributed by atoms with Gasteiger partial charge < -0.3 is 14.5 Å². The normalized spacial score (nSPS) is 15.9. The highest BCUT2D eigenvalue weighted by molar-refractivity contribution is 7.89. The predicted octanol–water partition coefficient (Wildman–Crippen LogP) is 1.83. The summed E-state index contributed by atoms with van der Waals surface area (Å²) in [5.41, 5.74) is -0.638. The molecule has 2 aromatic rings. The molecule has 7 nitrogen and oxygen atoms in total. The molecule has 0 bridgehead atoms. The van der Waals surface area contributed by atoms with Gasteiger partial charge in [0.05, 0.1) is 13.2 Å². The topological polar surface area (TPSA) is 88.9 Å². The van der Waals surface area contributed by atoms with E-state index < -0.39 is 38.3 Å². The Bertz CT molecular complexity index is 871. The van der Waals surface area contributed by atoms with E-state index in [1.54, 1.807) is 0 Å².